The molecule has 0 saturated carbocycles. The number of oxime groups is 1. The van der Waals surface area contributed by atoms with E-state index in [0.717, 1.165) is 11.5 Å². The molecule has 8 heteroatoms. The zero-order chi connectivity index (χ0) is 13.8. The fraction of sp³-hybridized carbons (Fsp3) is 0.600. The van der Waals surface area contributed by atoms with Crippen LogP contribution in [0.5, 0.6) is 0 Å². The van der Waals surface area contributed by atoms with Crippen LogP contribution in [0.15, 0.2) is 5.16 Å². The van der Waals surface area contributed by atoms with Gasteiger partial charge in [0.1, 0.15) is 10.4 Å². The van der Waals surface area contributed by atoms with E-state index >= 15 is 0 Å². The summed E-state index contributed by atoms with van der Waals surface area (Å²) in [5, 5.41) is 18.4. The van der Waals surface area contributed by atoms with Crippen LogP contribution >= 0.6 is 11.5 Å². The molecule has 1 aromatic heterocycles. The van der Waals surface area contributed by atoms with E-state index in [-0.39, 0.29) is 11.7 Å². The lowest BCUT2D eigenvalue weighted by Crippen LogP contribution is -2.56. The second-order valence-electron chi connectivity index (χ2n) is 3.92. The van der Waals surface area contributed by atoms with Crippen LogP contribution in [0, 0.1) is 6.92 Å². The van der Waals surface area contributed by atoms with E-state index in [2.05, 4.69) is 20.1 Å². The number of nitrogens with one attached hydrogen (secondary N) is 1. The lowest BCUT2D eigenvalue weighted by atomic mass is 9.91. The zero-order valence-corrected chi connectivity index (χ0v) is 11.4. The Hall–Kier alpha value is -1.70. The molecule has 1 rings (SSSR count). The maximum Gasteiger partial charge on any atom is 0.265 e. The third kappa shape index (κ3) is 2.58. The Morgan fingerprint density at radius 2 is 2.17 bits per heavy atom. The first-order chi connectivity index (χ1) is 8.50. The van der Waals surface area contributed by atoms with Gasteiger partial charge in [-0.2, -0.15) is 0 Å². The number of amidine groups is 1. The molecule has 0 aliphatic rings. The van der Waals surface area contributed by atoms with Crippen molar-refractivity contribution in [1.29, 1.82) is 0 Å². The number of rotatable bonds is 5. The normalized spacial score (nSPS) is 12.5. The van der Waals surface area contributed by atoms with Crippen LogP contribution < -0.4 is 11.1 Å². The molecule has 4 N–H and O–H groups in total. The molecule has 0 aromatic carbocycles. The predicted octanol–water partition coefficient (Wildman–Crippen LogP) is 0.882. The molecular formula is C10H17N5O2S. The number of amides is 1. The average Bonchev–Trinajstić information content (AvgIpc) is 2.81. The van der Waals surface area contributed by atoms with E-state index in [4.69, 9.17) is 10.9 Å². The van der Waals surface area contributed by atoms with Crippen molar-refractivity contribution in [3.63, 3.8) is 0 Å². The summed E-state index contributed by atoms with van der Waals surface area (Å²) in [6.45, 7) is 5.43. The third-order valence-corrected chi connectivity index (χ3v) is 3.84. The lowest BCUT2D eigenvalue weighted by Gasteiger charge is -2.31. The molecule has 0 radical (unpaired) electrons. The minimum atomic E-state index is -0.845. The van der Waals surface area contributed by atoms with Gasteiger partial charge in [-0.25, -0.2) is 0 Å². The first kappa shape index (κ1) is 14.4. The monoisotopic (exact) mass is 271 g/mol. The highest BCUT2D eigenvalue weighted by Crippen LogP contribution is 2.18. The Balaban J connectivity index is 2.99. The maximum atomic E-state index is 12.1. The molecular weight excluding hydrogens is 254 g/mol. The summed E-state index contributed by atoms with van der Waals surface area (Å²) in [4.78, 5) is 12.5. The van der Waals surface area contributed by atoms with Crippen molar-refractivity contribution >= 4 is 23.3 Å². The summed E-state index contributed by atoms with van der Waals surface area (Å²) in [5.41, 5.74) is 5.39. The summed E-state index contributed by atoms with van der Waals surface area (Å²) >= 11 is 1.02. The summed E-state index contributed by atoms with van der Waals surface area (Å²) in [5.74, 6) is -0.311. The Kier molecular flexibility index (Phi) is 4.60. The molecule has 0 bridgehead atoms. The molecule has 0 fully saturated rings. The molecule has 0 saturated heterocycles. The van der Waals surface area contributed by atoms with E-state index in [0.29, 0.717) is 23.4 Å². The number of carbonyl (C=O) groups excluding carboxylic acids is 1. The van der Waals surface area contributed by atoms with Gasteiger partial charge in [0.15, 0.2) is 5.84 Å². The number of hydrogen-bond acceptors (Lipinski definition) is 6. The highest BCUT2D eigenvalue weighted by Gasteiger charge is 2.34. The van der Waals surface area contributed by atoms with Crippen molar-refractivity contribution < 1.29 is 10.0 Å². The van der Waals surface area contributed by atoms with Gasteiger partial charge in [0.05, 0.1) is 5.69 Å². The Morgan fingerprint density at radius 3 is 2.56 bits per heavy atom. The first-order valence-electron chi connectivity index (χ1n) is 5.60. The van der Waals surface area contributed by atoms with Gasteiger partial charge in [0, 0.05) is 0 Å². The van der Waals surface area contributed by atoms with Gasteiger partial charge in [0.2, 0.25) is 0 Å². The first-order valence-corrected chi connectivity index (χ1v) is 6.37. The van der Waals surface area contributed by atoms with E-state index in [1.54, 1.807) is 6.92 Å². The second-order valence-corrected chi connectivity index (χ2v) is 4.67. The van der Waals surface area contributed by atoms with Crippen molar-refractivity contribution in [2.45, 2.75) is 39.2 Å². The maximum absolute atomic E-state index is 12.1. The van der Waals surface area contributed by atoms with Gasteiger partial charge in [-0.1, -0.05) is 23.5 Å². The fourth-order valence-electron chi connectivity index (χ4n) is 1.66. The molecule has 18 heavy (non-hydrogen) atoms. The zero-order valence-electron chi connectivity index (χ0n) is 10.6. The summed E-state index contributed by atoms with van der Waals surface area (Å²) in [6, 6.07) is 0. The molecule has 1 amide bonds. The van der Waals surface area contributed by atoms with Gasteiger partial charge >= 0.3 is 0 Å². The molecule has 0 atom stereocenters. The van der Waals surface area contributed by atoms with Crippen LogP contribution in [0.3, 0.4) is 0 Å². The second kappa shape index (κ2) is 5.76. The van der Waals surface area contributed by atoms with E-state index in [1.165, 1.54) is 0 Å². The van der Waals surface area contributed by atoms with Crippen molar-refractivity contribution in [3.8, 4) is 0 Å². The van der Waals surface area contributed by atoms with Crippen LogP contribution in [0.4, 0.5) is 0 Å². The molecule has 100 valence electrons. The van der Waals surface area contributed by atoms with Crippen molar-refractivity contribution in [2.75, 3.05) is 0 Å². The number of carbonyl (C=O) groups is 1. The summed E-state index contributed by atoms with van der Waals surface area (Å²) < 4.78 is 3.71. The molecule has 7 nitrogen and oxygen atoms in total. The van der Waals surface area contributed by atoms with Crippen LogP contribution in [0.2, 0.25) is 0 Å². The average molecular weight is 271 g/mol. The fourth-order valence-corrected chi connectivity index (χ4v) is 2.21. The lowest BCUT2D eigenvalue weighted by molar-refractivity contribution is 0.0921. The molecule has 0 aliphatic heterocycles. The summed E-state index contributed by atoms with van der Waals surface area (Å²) in [6.07, 6.45) is 1.05. The standard InChI is InChI=1S/C10H17N5O2S/c1-4-10(5-2,9(11)14-17)12-8(16)7-6(3)13-15-18-7/h17H,4-5H2,1-3H3,(H2,11,14)(H,12,16). The van der Waals surface area contributed by atoms with Crippen molar-refractivity contribution in [2.24, 2.45) is 10.9 Å². The molecule has 0 spiro atoms. The van der Waals surface area contributed by atoms with Gasteiger partial charge < -0.3 is 16.3 Å². The van der Waals surface area contributed by atoms with E-state index in [9.17, 15) is 4.79 Å². The van der Waals surface area contributed by atoms with Gasteiger partial charge in [-0.3, -0.25) is 4.79 Å². The van der Waals surface area contributed by atoms with E-state index in [1.807, 2.05) is 13.8 Å². The minimum Gasteiger partial charge on any atom is -0.409 e. The predicted molar refractivity (Wildman–Crippen MR) is 68.8 cm³/mol. The smallest absolute Gasteiger partial charge is 0.265 e. The van der Waals surface area contributed by atoms with Crippen LogP contribution in [0.25, 0.3) is 0 Å². The van der Waals surface area contributed by atoms with Crippen molar-refractivity contribution in [1.82, 2.24) is 14.9 Å². The Bertz CT molecular complexity index is 453. The molecule has 0 aliphatic carbocycles. The van der Waals surface area contributed by atoms with Crippen LogP contribution in [-0.2, 0) is 0 Å². The van der Waals surface area contributed by atoms with Gasteiger partial charge in [0.25, 0.3) is 5.91 Å². The Labute approximate surface area is 109 Å². The van der Waals surface area contributed by atoms with Gasteiger partial charge in [-0.15, -0.1) is 5.10 Å². The molecule has 0 unspecified atom stereocenters. The number of aromatic nitrogens is 2. The summed E-state index contributed by atoms with van der Waals surface area (Å²) in [7, 11) is 0. The largest absolute Gasteiger partial charge is 0.409 e. The number of aryl methyl sites for hydroxylation is 1. The van der Waals surface area contributed by atoms with E-state index < -0.39 is 5.54 Å². The van der Waals surface area contributed by atoms with Crippen LogP contribution in [0.1, 0.15) is 42.1 Å². The van der Waals surface area contributed by atoms with Crippen LogP contribution in [-0.4, -0.2) is 32.1 Å². The number of hydrogen-bond donors (Lipinski definition) is 3. The van der Waals surface area contributed by atoms with Gasteiger partial charge in [-0.05, 0) is 31.3 Å². The number of nitrogens with zero attached hydrogens (tertiary/aromatic N) is 3. The topological polar surface area (TPSA) is 113 Å². The quantitative estimate of drug-likeness (QED) is 0.318. The molecule has 1 heterocycles. The minimum absolute atomic E-state index is 0.00372. The highest BCUT2D eigenvalue weighted by atomic mass is 32.1. The highest BCUT2D eigenvalue weighted by molar-refractivity contribution is 7.08. The number of nitrogens with two attached hydrogens (primary N) is 1. The van der Waals surface area contributed by atoms with Crippen molar-refractivity contribution in [3.05, 3.63) is 10.6 Å². The SMILES string of the molecule is CCC(CC)(NC(=O)c1snnc1C)C(N)=NO. The third-order valence-electron chi connectivity index (χ3n) is 3.02. The Morgan fingerprint density at radius 1 is 1.56 bits per heavy atom. The molecule has 1 aromatic rings.